The van der Waals surface area contributed by atoms with Crippen LogP contribution in [-0.2, 0) is 6.54 Å². The quantitative estimate of drug-likeness (QED) is 0.544. The Kier molecular flexibility index (Phi) is 7.07. The molecule has 7 nitrogen and oxygen atoms in total. The van der Waals surface area contributed by atoms with Gasteiger partial charge in [0.2, 0.25) is 5.88 Å². The van der Waals surface area contributed by atoms with E-state index in [2.05, 4.69) is 28.7 Å². The number of nitrogens with zero attached hydrogens (tertiary/aromatic N) is 3. The lowest BCUT2D eigenvalue weighted by atomic mass is 10.1. The first-order chi connectivity index (χ1) is 15.0. The highest BCUT2D eigenvalue weighted by atomic mass is 16.3. The van der Waals surface area contributed by atoms with E-state index in [0.717, 1.165) is 28.9 Å². The SMILES string of the molecule is CCC(=Nc1ccc(N(CC)CC)cc1)c1c(O)n(Cc2ccccc2)c(=O)[nH]c1=O. The van der Waals surface area contributed by atoms with Crippen molar-refractivity contribution < 1.29 is 5.11 Å². The molecule has 7 heteroatoms. The van der Waals surface area contributed by atoms with E-state index in [0.29, 0.717) is 17.8 Å². The van der Waals surface area contributed by atoms with Gasteiger partial charge >= 0.3 is 5.69 Å². The molecule has 0 spiro atoms. The van der Waals surface area contributed by atoms with Crippen molar-refractivity contribution in [2.45, 2.75) is 33.7 Å². The minimum absolute atomic E-state index is 0.0193. The summed E-state index contributed by atoms with van der Waals surface area (Å²) in [5, 5.41) is 10.8. The number of rotatable bonds is 8. The highest BCUT2D eigenvalue weighted by Gasteiger charge is 2.18. The molecule has 162 valence electrons. The van der Waals surface area contributed by atoms with Crippen LogP contribution in [0.5, 0.6) is 5.88 Å². The second-order valence-electron chi connectivity index (χ2n) is 7.13. The zero-order valence-corrected chi connectivity index (χ0v) is 18.1. The van der Waals surface area contributed by atoms with Crippen molar-refractivity contribution in [3.8, 4) is 5.88 Å². The van der Waals surface area contributed by atoms with E-state index in [9.17, 15) is 14.7 Å². The number of aliphatic imine (C=N–C) groups is 1. The third kappa shape index (κ3) is 4.94. The summed E-state index contributed by atoms with van der Waals surface area (Å²) in [5.41, 5.74) is 1.73. The molecule has 31 heavy (non-hydrogen) atoms. The number of aromatic amines is 1. The van der Waals surface area contributed by atoms with Gasteiger partial charge < -0.3 is 10.0 Å². The number of nitrogens with one attached hydrogen (secondary N) is 1. The second kappa shape index (κ2) is 9.93. The maximum absolute atomic E-state index is 12.6. The van der Waals surface area contributed by atoms with E-state index in [4.69, 9.17) is 0 Å². The molecule has 1 aromatic heterocycles. The van der Waals surface area contributed by atoms with Crippen LogP contribution in [0.4, 0.5) is 11.4 Å². The van der Waals surface area contributed by atoms with Crippen LogP contribution in [0.15, 0.2) is 69.2 Å². The average Bonchev–Trinajstić information content (AvgIpc) is 2.78. The maximum atomic E-state index is 12.6. The molecular formula is C24H28N4O3. The minimum Gasteiger partial charge on any atom is -0.494 e. The van der Waals surface area contributed by atoms with E-state index in [1.165, 1.54) is 0 Å². The van der Waals surface area contributed by atoms with Crippen molar-refractivity contribution >= 4 is 17.1 Å². The predicted octanol–water partition coefficient (Wildman–Crippen LogP) is 3.67. The predicted molar refractivity (Wildman–Crippen MR) is 125 cm³/mol. The molecule has 0 aliphatic carbocycles. The summed E-state index contributed by atoms with van der Waals surface area (Å²) in [7, 11) is 0. The molecule has 2 N–H and O–H groups in total. The van der Waals surface area contributed by atoms with Crippen molar-refractivity contribution in [2.75, 3.05) is 18.0 Å². The smallest absolute Gasteiger partial charge is 0.331 e. The van der Waals surface area contributed by atoms with Gasteiger partial charge in [0.25, 0.3) is 5.56 Å². The molecule has 1 heterocycles. The zero-order chi connectivity index (χ0) is 22.4. The van der Waals surface area contributed by atoms with Gasteiger partial charge in [0.05, 0.1) is 17.9 Å². The molecule has 0 atom stereocenters. The minimum atomic E-state index is -0.658. The van der Waals surface area contributed by atoms with E-state index in [-0.39, 0.29) is 18.0 Å². The monoisotopic (exact) mass is 420 g/mol. The van der Waals surface area contributed by atoms with Gasteiger partial charge in [-0.3, -0.25) is 19.3 Å². The van der Waals surface area contributed by atoms with Gasteiger partial charge in [0.1, 0.15) is 5.56 Å². The highest BCUT2D eigenvalue weighted by molar-refractivity contribution is 6.03. The van der Waals surface area contributed by atoms with E-state index in [1.807, 2.05) is 61.5 Å². The van der Waals surface area contributed by atoms with Crippen molar-refractivity contribution in [1.82, 2.24) is 9.55 Å². The number of hydrogen-bond acceptors (Lipinski definition) is 5. The molecule has 0 aliphatic rings. The molecule has 0 fully saturated rings. The van der Waals surface area contributed by atoms with Crippen LogP contribution in [0.1, 0.15) is 38.3 Å². The lowest BCUT2D eigenvalue weighted by Crippen LogP contribution is -2.34. The van der Waals surface area contributed by atoms with Crippen molar-refractivity contribution in [1.29, 1.82) is 0 Å². The molecule has 3 rings (SSSR count). The van der Waals surface area contributed by atoms with Gasteiger partial charge in [0, 0.05) is 18.8 Å². The fraction of sp³-hybridized carbons (Fsp3) is 0.292. The Morgan fingerprint density at radius 1 is 1.00 bits per heavy atom. The zero-order valence-electron chi connectivity index (χ0n) is 18.1. The molecule has 0 unspecified atom stereocenters. The molecule has 0 saturated heterocycles. The largest absolute Gasteiger partial charge is 0.494 e. The first-order valence-corrected chi connectivity index (χ1v) is 10.5. The lowest BCUT2D eigenvalue weighted by molar-refractivity contribution is 0.408. The summed E-state index contributed by atoms with van der Waals surface area (Å²) >= 11 is 0. The number of benzene rings is 2. The summed E-state index contributed by atoms with van der Waals surface area (Å²) in [5.74, 6) is -0.377. The molecule has 2 aromatic carbocycles. The Bertz CT molecular complexity index is 1160. The fourth-order valence-electron chi connectivity index (χ4n) is 3.53. The normalized spacial score (nSPS) is 11.5. The van der Waals surface area contributed by atoms with Gasteiger partial charge in [-0.2, -0.15) is 0 Å². The van der Waals surface area contributed by atoms with Crippen LogP contribution in [0.2, 0.25) is 0 Å². The Morgan fingerprint density at radius 2 is 1.65 bits per heavy atom. The van der Waals surface area contributed by atoms with Crippen molar-refractivity contribution in [3.05, 3.63) is 86.6 Å². The molecule has 0 amide bonds. The van der Waals surface area contributed by atoms with Crippen molar-refractivity contribution in [3.63, 3.8) is 0 Å². The van der Waals surface area contributed by atoms with Crippen molar-refractivity contribution in [2.24, 2.45) is 4.99 Å². The van der Waals surface area contributed by atoms with Crippen LogP contribution < -0.4 is 16.1 Å². The van der Waals surface area contributed by atoms with Crippen LogP contribution in [0, 0.1) is 0 Å². The third-order valence-electron chi connectivity index (χ3n) is 5.22. The molecular weight excluding hydrogens is 392 g/mol. The van der Waals surface area contributed by atoms with Crippen LogP contribution in [-0.4, -0.2) is 33.5 Å². The first-order valence-electron chi connectivity index (χ1n) is 10.5. The molecule has 3 aromatic rings. The molecule has 0 aliphatic heterocycles. The van der Waals surface area contributed by atoms with Crippen LogP contribution in [0.25, 0.3) is 0 Å². The Morgan fingerprint density at radius 3 is 2.23 bits per heavy atom. The number of aromatic nitrogens is 2. The summed E-state index contributed by atoms with van der Waals surface area (Å²) in [6.07, 6.45) is 0.415. The number of H-pyrrole nitrogens is 1. The number of aromatic hydroxyl groups is 1. The lowest BCUT2D eigenvalue weighted by Gasteiger charge is -2.20. The Labute approximate surface area is 181 Å². The van der Waals surface area contributed by atoms with E-state index < -0.39 is 11.2 Å². The maximum Gasteiger partial charge on any atom is 0.331 e. The molecule has 0 radical (unpaired) electrons. The average molecular weight is 421 g/mol. The van der Waals surface area contributed by atoms with Gasteiger partial charge in [0.15, 0.2) is 0 Å². The topological polar surface area (TPSA) is 90.7 Å². The van der Waals surface area contributed by atoms with Crippen LogP contribution in [0.3, 0.4) is 0 Å². The number of anilines is 1. The van der Waals surface area contributed by atoms with Gasteiger partial charge in [-0.25, -0.2) is 4.79 Å². The Balaban J connectivity index is 2.02. The van der Waals surface area contributed by atoms with Gasteiger partial charge in [-0.05, 0) is 50.1 Å². The summed E-state index contributed by atoms with van der Waals surface area (Å²) in [4.78, 5) is 34.0. The van der Waals surface area contributed by atoms with E-state index in [1.54, 1.807) is 0 Å². The standard InChI is InChI=1S/C24H28N4O3/c1-4-20(25-18-12-14-19(15-13-18)27(5-2)6-3)21-22(29)26-24(31)28(23(21)30)16-17-10-8-7-9-11-17/h7-15,30H,4-6,16H2,1-3H3,(H,26,29,31). The fourth-order valence-corrected chi connectivity index (χ4v) is 3.53. The first kappa shape index (κ1) is 22.1. The number of hydrogen-bond donors (Lipinski definition) is 2. The summed E-state index contributed by atoms with van der Waals surface area (Å²) in [6, 6.07) is 17.0. The van der Waals surface area contributed by atoms with Gasteiger partial charge in [-0.15, -0.1) is 0 Å². The highest BCUT2D eigenvalue weighted by Crippen LogP contribution is 2.22. The second-order valence-corrected chi connectivity index (χ2v) is 7.13. The molecule has 0 saturated carbocycles. The summed E-state index contributed by atoms with van der Waals surface area (Å²) in [6.45, 7) is 8.02. The third-order valence-corrected chi connectivity index (χ3v) is 5.22. The van der Waals surface area contributed by atoms with Gasteiger partial charge in [-0.1, -0.05) is 37.3 Å². The summed E-state index contributed by atoms with van der Waals surface area (Å²) < 4.78 is 1.15. The van der Waals surface area contributed by atoms with Crippen LogP contribution >= 0.6 is 0 Å². The van der Waals surface area contributed by atoms with E-state index >= 15 is 0 Å². The molecule has 0 bridgehead atoms. The Hall–Kier alpha value is -3.61.